The second kappa shape index (κ2) is 6.86. The Hall–Kier alpha value is -0.970. The van der Waals surface area contributed by atoms with Crippen LogP contribution in [0.3, 0.4) is 0 Å². The van der Waals surface area contributed by atoms with E-state index < -0.39 is 0 Å². The summed E-state index contributed by atoms with van der Waals surface area (Å²) in [5.74, 6) is 0.181. The second-order valence-electron chi connectivity index (χ2n) is 4.94. The molecule has 4 nitrogen and oxygen atoms in total. The van der Waals surface area contributed by atoms with Gasteiger partial charge in [0.15, 0.2) is 6.61 Å². The van der Waals surface area contributed by atoms with Gasteiger partial charge in [-0.3, -0.25) is 9.59 Å². The quantitative estimate of drug-likeness (QED) is 0.784. The summed E-state index contributed by atoms with van der Waals surface area (Å²) in [7, 11) is 0. The molecule has 21 heavy (non-hydrogen) atoms. The SMILES string of the molecule is CC1CN(C(=O)COc2cc(Cl)c(Cl)cc2Cl)CCC1=O. The average Bonchev–Trinajstić information content (AvgIpc) is 2.44. The van der Waals surface area contributed by atoms with Crippen LogP contribution in [0.5, 0.6) is 5.75 Å². The number of nitrogens with zero attached hydrogens (tertiary/aromatic N) is 1. The minimum atomic E-state index is -0.184. The summed E-state index contributed by atoms with van der Waals surface area (Å²) in [4.78, 5) is 25.1. The lowest BCUT2D eigenvalue weighted by molar-refractivity contribution is -0.138. The second-order valence-corrected chi connectivity index (χ2v) is 6.16. The molecule has 0 N–H and O–H groups in total. The zero-order chi connectivity index (χ0) is 15.6. The van der Waals surface area contributed by atoms with Crippen LogP contribution < -0.4 is 4.74 Å². The summed E-state index contributed by atoms with van der Waals surface area (Å²) >= 11 is 17.7. The first-order valence-electron chi connectivity index (χ1n) is 6.46. The molecule has 0 saturated carbocycles. The minimum absolute atomic E-state index is 0.128. The molecule has 0 aliphatic carbocycles. The number of ketones is 1. The third kappa shape index (κ3) is 4.02. The van der Waals surface area contributed by atoms with E-state index in [1.165, 1.54) is 12.1 Å². The highest BCUT2D eigenvalue weighted by molar-refractivity contribution is 6.43. The number of amides is 1. The highest BCUT2D eigenvalue weighted by Gasteiger charge is 2.26. The van der Waals surface area contributed by atoms with Gasteiger partial charge in [0.1, 0.15) is 11.5 Å². The third-order valence-electron chi connectivity index (χ3n) is 3.35. The van der Waals surface area contributed by atoms with Gasteiger partial charge in [-0.1, -0.05) is 41.7 Å². The summed E-state index contributed by atoms with van der Waals surface area (Å²) < 4.78 is 5.40. The van der Waals surface area contributed by atoms with Crippen LogP contribution in [0.1, 0.15) is 13.3 Å². The molecule has 1 aromatic carbocycles. The first kappa shape index (κ1) is 16.4. The van der Waals surface area contributed by atoms with Crippen molar-refractivity contribution in [2.24, 2.45) is 5.92 Å². The van der Waals surface area contributed by atoms with Crippen molar-refractivity contribution in [3.63, 3.8) is 0 Å². The zero-order valence-corrected chi connectivity index (χ0v) is 13.6. The maximum atomic E-state index is 12.1. The summed E-state index contributed by atoms with van der Waals surface area (Å²) in [6, 6.07) is 2.94. The Morgan fingerprint density at radius 2 is 1.95 bits per heavy atom. The smallest absolute Gasteiger partial charge is 0.260 e. The van der Waals surface area contributed by atoms with E-state index in [1.54, 1.807) is 4.90 Å². The number of benzene rings is 1. The summed E-state index contributed by atoms with van der Waals surface area (Å²) in [5.41, 5.74) is 0. The van der Waals surface area contributed by atoms with Gasteiger partial charge in [0.25, 0.3) is 5.91 Å². The van der Waals surface area contributed by atoms with Crippen molar-refractivity contribution in [2.75, 3.05) is 19.7 Å². The molecule has 1 aromatic rings. The molecule has 2 rings (SSSR count). The Morgan fingerprint density at radius 3 is 2.62 bits per heavy atom. The largest absolute Gasteiger partial charge is 0.482 e. The molecule has 1 saturated heterocycles. The van der Waals surface area contributed by atoms with Gasteiger partial charge >= 0.3 is 0 Å². The van der Waals surface area contributed by atoms with E-state index in [1.807, 2.05) is 6.92 Å². The van der Waals surface area contributed by atoms with Crippen LogP contribution in [0.15, 0.2) is 12.1 Å². The Balaban J connectivity index is 1.95. The molecule has 1 amide bonds. The number of piperidine rings is 1. The van der Waals surface area contributed by atoms with Gasteiger partial charge in [-0.05, 0) is 6.07 Å². The van der Waals surface area contributed by atoms with Crippen LogP contribution in [0, 0.1) is 5.92 Å². The molecule has 1 aliphatic heterocycles. The van der Waals surface area contributed by atoms with Crippen LogP contribution in [0.2, 0.25) is 15.1 Å². The minimum Gasteiger partial charge on any atom is -0.482 e. The molecule has 0 spiro atoms. The monoisotopic (exact) mass is 349 g/mol. The fourth-order valence-corrected chi connectivity index (χ4v) is 2.68. The Kier molecular flexibility index (Phi) is 5.36. The molecule has 1 atom stereocenters. The Morgan fingerprint density at radius 1 is 1.29 bits per heavy atom. The van der Waals surface area contributed by atoms with Crippen LogP contribution in [-0.4, -0.2) is 36.3 Å². The van der Waals surface area contributed by atoms with Crippen LogP contribution in [-0.2, 0) is 9.59 Å². The number of carbonyl (C=O) groups excluding carboxylic acids is 2. The summed E-state index contributed by atoms with van der Waals surface area (Å²) in [6.07, 6.45) is 0.389. The molecule has 0 bridgehead atoms. The average molecular weight is 351 g/mol. The molecular weight excluding hydrogens is 337 g/mol. The van der Waals surface area contributed by atoms with E-state index in [0.29, 0.717) is 40.3 Å². The van der Waals surface area contributed by atoms with Crippen molar-refractivity contribution >= 4 is 46.5 Å². The summed E-state index contributed by atoms with van der Waals surface area (Å²) in [6.45, 7) is 2.52. The van der Waals surface area contributed by atoms with Crippen molar-refractivity contribution in [3.8, 4) is 5.75 Å². The zero-order valence-electron chi connectivity index (χ0n) is 11.4. The predicted molar refractivity (Wildman–Crippen MR) is 82.3 cm³/mol. The van der Waals surface area contributed by atoms with Crippen molar-refractivity contribution < 1.29 is 14.3 Å². The molecule has 1 heterocycles. The highest BCUT2D eigenvalue weighted by atomic mass is 35.5. The Labute approximate surface area is 137 Å². The topological polar surface area (TPSA) is 46.6 Å². The number of halogens is 3. The standard InChI is InChI=1S/C14H14Cl3NO3/c1-8-6-18(3-2-12(8)19)14(20)7-21-13-5-10(16)9(15)4-11(13)17/h4-5,8H,2-3,6-7H2,1H3. The molecule has 0 aromatic heterocycles. The predicted octanol–water partition coefficient (Wildman–Crippen LogP) is 3.46. The molecular formula is C14H14Cl3NO3. The number of hydrogen-bond donors (Lipinski definition) is 0. The van der Waals surface area contributed by atoms with E-state index in [0.717, 1.165) is 0 Å². The van der Waals surface area contributed by atoms with Gasteiger partial charge in [-0.25, -0.2) is 0 Å². The van der Waals surface area contributed by atoms with Crippen LogP contribution >= 0.6 is 34.8 Å². The normalized spacial score (nSPS) is 18.8. The lowest BCUT2D eigenvalue weighted by Gasteiger charge is -2.30. The lowest BCUT2D eigenvalue weighted by atomic mass is 9.99. The molecule has 0 radical (unpaired) electrons. The number of ether oxygens (including phenoxy) is 1. The maximum absolute atomic E-state index is 12.1. The first-order valence-corrected chi connectivity index (χ1v) is 7.59. The van der Waals surface area contributed by atoms with Crippen molar-refractivity contribution in [2.45, 2.75) is 13.3 Å². The number of carbonyl (C=O) groups is 2. The lowest BCUT2D eigenvalue weighted by Crippen LogP contribution is -2.45. The molecule has 114 valence electrons. The molecule has 7 heteroatoms. The molecule has 1 aliphatic rings. The van der Waals surface area contributed by atoms with E-state index in [-0.39, 0.29) is 24.2 Å². The van der Waals surface area contributed by atoms with Gasteiger partial charge in [-0.15, -0.1) is 0 Å². The van der Waals surface area contributed by atoms with Crippen LogP contribution in [0.4, 0.5) is 0 Å². The maximum Gasteiger partial charge on any atom is 0.260 e. The van der Waals surface area contributed by atoms with Crippen LogP contribution in [0.25, 0.3) is 0 Å². The number of rotatable bonds is 3. The first-order chi connectivity index (χ1) is 9.88. The van der Waals surface area contributed by atoms with Gasteiger partial charge in [0, 0.05) is 31.5 Å². The van der Waals surface area contributed by atoms with Gasteiger partial charge in [0.05, 0.1) is 15.1 Å². The van der Waals surface area contributed by atoms with Gasteiger partial charge in [-0.2, -0.15) is 0 Å². The summed E-state index contributed by atoms with van der Waals surface area (Å²) in [5, 5.41) is 0.920. The third-order valence-corrected chi connectivity index (χ3v) is 4.37. The van der Waals surface area contributed by atoms with E-state index >= 15 is 0 Å². The van der Waals surface area contributed by atoms with Gasteiger partial charge < -0.3 is 9.64 Å². The van der Waals surface area contributed by atoms with E-state index in [2.05, 4.69) is 0 Å². The number of hydrogen-bond acceptors (Lipinski definition) is 3. The van der Waals surface area contributed by atoms with E-state index in [9.17, 15) is 9.59 Å². The number of Topliss-reactive ketones (excluding diaryl/α,β-unsaturated/α-hetero) is 1. The van der Waals surface area contributed by atoms with Crippen molar-refractivity contribution in [1.82, 2.24) is 4.90 Å². The van der Waals surface area contributed by atoms with Gasteiger partial charge in [0.2, 0.25) is 0 Å². The Bertz CT molecular complexity index is 577. The molecule has 1 fully saturated rings. The number of likely N-dealkylation sites (tertiary alicyclic amines) is 1. The highest BCUT2D eigenvalue weighted by Crippen LogP contribution is 2.33. The van der Waals surface area contributed by atoms with E-state index in [4.69, 9.17) is 39.5 Å². The fourth-order valence-electron chi connectivity index (χ4n) is 2.09. The van der Waals surface area contributed by atoms with Crippen molar-refractivity contribution in [1.29, 1.82) is 0 Å². The molecule has 1 unspecified atom stereocenters. The fraction of sp³-hybridized carbons (Fsp3) is 0.429. The van der Waals surface area contributed by atoms with Crippen molar-refractivity contribution in [3.05, 3.63) is 27.2 Å².